The highest BCUT2D eigenvalue weighted by molar-refractivity contribution is 7.98. The van der Waals surface area contributed by atoms with Crippen molar-refractivity contribution in [2.45, 2.75) is 13.0 Å². The predicted octanol–water partition coefficient (Wildman–Crippen LogP) is 1.97. The number of hydrogen-bond acceptors (Lipinski definition) is 4. The smallest absolute Gasteiger partial charge is 0.354 e. The Kier molecular flexibility index (Phi) is 4.61. The molecule has 1 heterocycles. The van der Waals surface area contributed by atoms with Crippen LogP contribution in [-0.2, 0) is 0 Å². The van der Waals surface area contributed by atoms with E-state index in [-0.39, 0.29) is 5.69 Å². The quantitative estimate of drug-likeness (QED) is 0.852. The number of pyridine rings is 1. The number of aromatic nitrogens is 1. The first-order valence-corrected chi connectivity index (χ1v) is 6.37. The second kappa shape index (κ2) is 5.75. The molecule has 1 atom stereocenters. The molecule has 1 N–H and O–H groups in total. The van der Waals surface area contributed by atoms with E-state index in [0.29, 0.717) is 11.9 Å². The van der Waals surface area contributed by atoms with Gasteiger partial charge in [-0.25, -0.2) is 9.78 Å². The van der Waals surface area contributed by atoms with Crippen LogP contribution in [0, 0.1) is 0 Å². The van der Waals surface area contributed by atoms with E-state index < -0.39 is 5.97 Å². The summed E-state index contributed by atoms with van der Waals surface area (Å²) >= 11 is 1.76. The van der Waals surface area contributed by atoms with Crippen molar-refractivity contribution in [1.29, 1.82) is 0 Å². The van der Waals surface area contributed by atoms with Gasteiger partial charge in [-0.2, -0.15) is 11.8 Å². The Labute approximate surface area is 99.7 Å². The summed E-state index contributed by atoms with van der Waals surface area (Å²) in [6.45, 7) is 2.09. The largest absolute Gasteiger partial charge is 0.477 e. The van der Waals surface area contributed by atoms with E-state index in [1.807, 2.05) is 24.3 Å². The highest BCUT2D eigenvalue weighted by Gasteiger charge is 2.12. The topological polar surface area (TPSA) is 53.4 Å². The molecular formula is C11H16N2O2S. The van der Waals surface area contributed by atoms with E-state index >= 15 is 0 Å². The molecule has 0 amide bonds. The molecule has 1 unspecified atom stereocenters. The molecule has 0 fully saturated rings. The number of hydrogen-bond donors (Lipinski definition) is 1. The molecule has 1 rings (SSSR count). The van der Waals surface area contributed by atoms with Gasteiger partial charge >= 0.3 is 5.97 Å². The molecular weight excluding hydrogens is 224 g/mol. The van der Waals surface area contributed by atoms with Crippen LogP contribution in [0.4, 0.5) is 5.82 Å². The standard InChI is InChI=1S/C11H16N2O2S/c1-8(7-16-3)13(2)10-6-4-5-9(12-10)11(14)15/h4-6,8H,7H2,1-3H3,(H,14,15). The van der Waals surface area contributed by atoms with Crippen molar-refractivity contribution in [2.24, 2.45) is 0 Å². The Balaban J connectivity index is 2.86. The number of thioether (sulfide) groups is 1. The molecule has 88 valence electrons. The van der Waals surface area contributed by atoms with Gasteiger partial charge in [0.05, 0.1) is 0 Å². The van der Waals surface area contributed by atoms with E-state index in [1.54, 1.807) is 17.8 Å². The van der Waals surface area contributed by atoms with E-state index in [0.717, 1.165) is 5.75 Å². The fourth-order valence-electron chi connectivity index (χ4n) is 1.32. The molecule has 0 aliphatic rings. The first kappa shape index (κ1) is 12.8. The maximum absolute atomic E-state index is 10.8. The maximum Gasteiger partial charge on any atom is 0.354 e. The lowest BCUT2D eigenvalue weighted by atomic mass is 10.3. The number of rotatable bonds is 5. The number of nitrogens with zero attached hydrogens (tertiary/aromatic N) is 2. The number of carboxylic acids is 1. The van der Waals surface area contributed by atoms with Crippen molar-refractivity contribution in [3.05, 3.63) is 23.9 Å². The summed E-state index contributed by atoms with van der Waals surface area (Å²) in [6, 6.07) is 5.36. The molecule has 0 saturated carbocycles. The third kappa shape index (κ3) is 3.13. The zero-order valence-electron chi connectivity index (χ0n) is 9.67. The maximum atomic E-state index is 10.8. The Morgan fingerprint density at radius 3 is 2.88 bits per heavy atom. The van der Waals surface area contributed by atoms with Crippen molar-refractivity contribution in [3.8, 4) is 0 Å². The second-order valence-electron chi connectivity index (χ2n) is 3.60. The Hall–Kier alpha value is -1.23. The molecule has 0 aliphatic heterocycles. The third-order valence-electron chi connectivity index (χ3n) is 2.38. The molecule has 5 heteroatoms. The molecule has 1 aromatic heterocycles. The van der Waals surface area contributed by atoms with Crippen LogP contribution in [0.15, 0.2) is 18.2 Å². The van der Waals surface area contributed by atoms with Gasteiger partial charge in [-0.3, -0.25) is 0 Å². The van der Waals surface area contributed by atoms with Crippen molar-refractivity contribution in [3.63, 3.8) is 0 Å². The van der Waals surface area contributed by atoms with Crippen LogP contribution in [-0.4, -0.2) is 41.2 Å². The van der Waals surface area contributed by atoms with Gasteiger partial charge in [0.1, 0.15) is 5.82 Å². The zero-order chi connectivity index (χ0) is 12.1. The molecule has 1 aromatic rings. The van der Waals surface area contributed by atoms with E-state index in [1.165, 1.54) is 6.07 Å². The zero-order valence-corrected chi connectivity index (χ0v) is 10.5. The van der Waals surface area contributed by atoms with Gasteiger partial charge in [0, 0.05) is 18.8 Å². The molecule has 16 heavy (non-hydrogen) atoms. The number of aromatic carboxylic acids is 1. The van der Waals surface area contributed by atoms with Crippen LogP contribution in [0.3, 0.4) is 0 Å². The summed E-state index contributed by atoms with van der Waals surface area (Å²) in [5, 5.41) is 8.85. The summed E-state index contributed by atoms with van der Waals surface area (Å²) in [5.74, 6) is 0.685. The van der Waals surface area contributed by atoms with Gasteiger partial charge in [-0.05, 0) is 25.3 Å². The molecule has 0 aromatic carbocycles. The Morgan fingerprint density at radius 2 is 2.31 bits per heavy atom. The average Bonchev–Trinajstić information content (AvgIpc) is 2.28. The van der Waals surface area contributed by atoms with E-state index in [4.69, 9.17) is 5.11 Å². The normalized spacial score (nSPS) is 12.2. The van der Waals surface area contributed by atoms with Gasteiger partial charge < -0.3 is 10.0 Å². The summed E-state index contributed by atoms with van der Waals surface area (Å²) in [4.78, 5) is 16.9. The van der Waals surface area contributed by atoms with Gasteiger partial charge in [0.15, 0.2) is 5.69 Å². The molecule has 0 saturated heterocycles. The van der Waals surface area contributed by atoms with Gasteiger partial charge in [0.25, 0.3) is 0 Å². The summed E-state index contributed by atoms with van der Waals surface area (Å²) in [5.41, 5.74) is 0.0840. The third-order valence-corrected chi connectivity index (χ3v) is 3.20. The number of carbonyl (C=O) groups is 1. The molecule has 0 bridgehead atoms. The highest BCUT2D eigenvalue weighted by atomic mass is 32.2. The van der Waals surface area contributed by atoms with Crippen LogP contribution in [0.5, 0.6) is 0 Å². The first-order chi connectivity index (χ1) is 7.56. The number of carboxylic acid groups (broad SMARTS) is 1. The fourth-order valence-corrected chi connectivity index (χ4v) is 2.02. The van der Waals surface area contributed by atoms with Crippen LogP contribution in [0.1, 0.15) is 17.4 Å². The molecule has 4 nitrogen and oxygen atoms in total. The van der Waals surface area contributed by atoms with Crippen LogP contribution in [0.25, 0.3) is 0 Å². The van der Waals surface area contributed by atoms with E-state index in [2.05, 4.69) is 11.9 Å². The lowest BCUT2D eigenvalue weighted by Gasteiger charge is -2.25. The van der Waals surface area contributed by atoms with Crippen molar-refractivity contribution >= 4 is 23.5 Å². The van der Waals surface area contributed by atoms with Gasteiger partial charge in [-0.1, -0.05) is 6.07 Å². The van der Waals surface area contributed by atoms with Crippen LogP contribution in [0.2, 0.25) is 0 Å². The second-order valence-corrected chi connectivity index (χ2v) is 4.51. The molecule has 0 aliphatic carbocycles. The van der Waals surface area contributed by atoms with Crippen LogP contribution < -0.4 is 4.90 Å². The molecule has 0 radical (unpaired) electrons. The average molecular weight is 240 g/mol. The minimum atomic E-state index is -0.993. The predicted molar refractivity (Wildman–Crippen MR) is 67.4 cm³/mol. The lowest BCUT2D eigenvalue weighted by Crippen LogP contribution is -2.31. The van der Waals surface area contributed by atoms with Crippen molar-refractivity contribution < 1.29 is 9.90 Å². The SMILES string of the molecule is CSCC(C)N(C)c1cccc(C(=O)O)n1. The highest BCUT2D eigenvalue weighted by Crippen LogP contribution is 2.14. The lowest BCUT2D eigenvalue weighted by molar-refractivity contribution is 0.0690. The van der Waals surface area contributed by atoms with E-state index in [9.17, 15) is 4.79 Å². The Bertz CT molecular complexity index is 371. The first-order valence-electron chi connectivity index (χ1n) is 4.98. The summed E-state index contributed by atoms with van der Waals surface area (Å²) in [6.07, 6.45) is 2.05. The van der Waals surface area contributed by atoms with Gasteiger partial charge in [0.2, 0.25) is 0 Å². The minimum absolute atomic E-state index is 0.0840. The summed E-state index contributed by atoms with van der Waals surface area (Å²) < 4.78 is 0. The Morgan fingerprint density at radius 1 is 1.62 bits per heavy atom. The summed E-state index contributed by atoms with van der Waals surface area (Å²) in [7, 11) is 1.93. The monoisotopic (exact) mass is 240 g/mol. The molecule has 0 spiro atoms. The number of anilines is 1. The van der Waals surface area contributed by atoms with Crippen LogP contribution >= 0.6 is 11.8 Å². The van der Waals surface area contributed by atoms with Crippen molar-refractivity contribution in [1.82, 2.24) is 4.98 Å². The minimum Gasteiger partial charge on any atom is -0.477 e. The van der Waals surface area contributed by atoms with Crippen molar-refractivity contribution in [2.75, 3.05) is 24.0 Å². The van der Waals surface area contributed by atoms with Gasteiger partial charge in [-0.15, -0.1) is 0 Å². The fraction of sp³-hybridized carbons (Fsp3) is 0.455.